The molecule has 0 saturated heterocycles. The Morgan fingerprint density at radius 3 is 2.53 bits per heavy atom. The standard InChI is InChI=1S/C23H18ClN3O2S/c1-15-3-12-20-21(13-15)30-23(26-20)27(22(28)17-6-8-18(24)9-7-17)25-14-16-4-10-19(29-2)11-5-16/h3-14H,1-2H3/b25-14+. The number of hydrazone groups is 1. The van der Waals surface area contributed by atoms with E-state index in [1.54, 1.807) is 37.6 Å². The first-order chi connectivity index (χ1) is 14.5. The van der Waals surface area contributed by atoms with Gasteiger partial charge < -0.3 is 4.74 Å². The van der Waals surface area contributed by atoms with Crippen molar-refractivity contribution in [2.75, 3.05) is 12.1 Å². The number of ether oxygens (including phenoxy) is 1. The van der Waals surface area contributed by atoms with E-state index in [0.29, 0.717) is 15.7 Å². The first-order valence-electron chi connectivity index (χ1n) is 9.19. The maximum Gasteiger partial charge on any atom is 0.280 e. The molecule has 30 heavy (non-hydrogen) atoms. The lowest BCUT2D eigenvalue weighted by Crippen LogP contribution is -2.25. The molecule has 0 saturated carbocycles. The highest BCUT2D eigenvalue weighted by Crippen LogP contribution is 2.31. The summed E-state index contributed by atoms with van der Waals surface area (Å²) < 4.78 is 6.18. The van der Waals surface area contributed by atoms with Gasteiger partial charge in [0.25, 0.3) is 5.91 Å². The summed E-state index contributed by atoms with van der Waals surface area (Å²) in [6.07, 6.45) is 1.63. The minimum Gasteiger partial charge on any atom is -0.497 e. The second-order valence-corrected chi connectivity index (χ2v) is 8.05. The molecule has 4 rings (SSSR count). The van der Waals surface area contributed by atoms with Crippen LogP contribution in [0.5, 0.6) is 5.75 Å². The number of aryl methyl sites for hydroxylation is 1. The van der Waals surface area contributed by atoms with Crippen LogP contribution in [0.4, 0.5) is 5.13 Å². The van der Waals surface area contributed by atoms with E-state index in [0.717, 1.165) is 27.1 Å². The highest BCUT2D eigenvalue weighted by molar-refractivity contribution is 7.22. The number of carbonyl (C=O) groups is 1. The fourth-order valence-corrected chi connectivity index (χ4v) is 3.97. The summed E-state index contributed by atoms with van der Waals surface area (Å²) in [7, 11) is 1.62. The monoisotopic (exact) mass is 435 g/mol. The fourth-order valence-electron chi connectivity index (χ4n) is 2.83. The molecule has 1 aromatic heterocycles. The summed E-state index contributed by atoms with van der Waals surface area (Å²) in [6.45, 7) is 2.03. The van der Waals surface area contributed by atoms with E-state index in [2.05, 4.69) is 16.2 Å². The summed E-state index contributed by atoms with van der Waals surface area (Å²) in [4.78, 5) is 17.9. The molecule has 0 fully saturated rings. The van der Waals surface area contributed by atoms with Gasteiger partial charge in [0, 0.05) is 10.6 Å². The molecular weight excluding hydrogens is 418 g/mol. The number of fused-ring (bicyclic) bond motifs is 1. The lowest BCUT2D eigenvalue weighted by molar-refractivity contribution is 0.0988. The van der Waals surface area contributed by atoms with Crippen molar-refractivity contribution < 1.29 is 9.53 Å². The van der Waals surface area contributed by atoms with Crippen LogP contribution in [-0.2, 0) is 0 Å². The summed E-state index contributed by atoms with van der Waals surface area (Å²) >= 11 is 7.39. The molecule has 0 spiro atoms. The summed E-state index contributed by atoms with van der Waals surface area (Å²) in [5.74, 6) is 0.468. The Labute approximate surface area is 183 Å². The van der Waals surface area contributed by atoms with Crippen LogP contribution in [0.15, 0.2) is 71.8 Å². The molecule has 0 N–H and O–H groups in total. The Kier molecular flexibility index (Phi) is 5.79. The van der Waals surface area contributed by atoms with Crippen molar-refractivity contribution in [3.63, 3.8) is 0 Å². The van der Waals surface area contributed by atoms with E-state index >= 15 is 0 Å². The molecule has 0 aliphatic rings. The van der Waals surface area contributed by atoms with Gasteiger partial charge in [0.1, 0.15) is 5.75 Å². The number of hydrogen-bond acceptors (Lipinski definition) is 5. The third-order valence-electron chi connectivity index (χ3n) is 4.44. The molecule has 1 heterocycles. The van der Waals surface area contributed by atoms with Crippen LogP contribution >= 0.6 is 22.9 Å². The van der Waals surface area contributed by atoms with Crippen molar-refractivity contribution in [2.45, 2.75) is 6.92 Å². The Hall–Kier alpha value is -3.22. The second-order valence-electron chi connectivity index (χ2n) is 6.61. The van der Waals surface area contributed by atoms with Gasteiger partial charge in [-0.15, -0.1) is 0 Å². The van der Waals surface area contributed by atoms with Gasteiger partial charge in [-0.2, -0.15) is 10.1 Å². The van der Waals surface area contributed by atoms with Crippen molar-refractivity contribution >= 4 is 50.4 Å². The molecule has 0 aliphatic carbocycles. The zero-order valence-corrected chi connectivity index (χ0v) is 17.9. The first kappa shape index (κ1) is 20.1. The summed E-state index contributed by atoms with van der Waals surface area (Å²) in [6, 6.07) is 20.1. The van der Waals surface area contributed by atoms with Crippen molar-refractivity contribution in [3.8, 4) is 5.75 Å². The third-order valence-corrected chi connectivity index (χ3v) is 5.68. The van der Waals surface area contributed by atoms with Gasteiger partial charge in [-0.25, -0.2) is 4.98 Å². The first-order valence-corrected chi connectivity index (χ1v) is 10.4. The molecule has 0 aliphatic heterocycles. The number of anilines is 1. The smallest absolute Gasteiger partial charge is 0.280 e. The maximum absolute atomic E-state index is 13.2. The molecule has 150 valence electrons. The average Bonchev–Trinajstić information content (AvgIpc) is 3.17. The molecule has 0 atom stereocenters. The predicted molar refractivity (Wildman–Crippen MR) is 123 cm³/mol. The third kappa shape index (κ3) is 4.35. The number of rotatable bonds is 5. The Morgan fingerprint density at radius 2 is 1.83 bits per heavy atom. The van der Waals surface area contributed by atoms with Gasteiger partial charge in [0.05, 0.1) is 23.5 Å². The van der Waals surface area contributed by atoms with Crippen molar-refractivity contribution in [1.29, 1.82) is 0 Å². The fraction of sp³-hybridized carbons (Fsp3) is 0.0870. The Balaban J connectivity index is 1.73. The summed E-state index contributed by atoms with van der Waals surface area (Å²) in [5.41, 5.74) is 3.27. The van der Waals surface area contributed by atoms with E-state index in [1.807, 2.05) is 43.3 Å². The maximum atomic E-state index is 13.2. The van der Waals surface area contributed by atoms with Crippen LogP contribution < -0.4 is 9.75 Å². The minimum absolute atomic E-state index is 0.285. The molecule has 0 unspecified atom stereocenters. The Bertz CT molecular complexity index is 1220. The number of carbonyl (C=O) groups excluding carboxylic acids is 1. The van der Waals surface area contributed by atoms with E-state index in [4.69, 9.17) is 16.3 Å². The number of aromatic nitrogens is 1. The largest absolute Gasteiger partial charge is 0.497 e. The van der Waals surface area contributed by atoms with Crippen LogP contribution in [0, 0.1) is 6.92 Å². The molecule has 4 aromatic rings. The quantitative estimate of drug-likeness (QED) is 0.287. The highest BCUT2D eigenvalue weighted by atomic mass is 35.5. The van der Waals surface area contributed by atoms with Crippen molar-refractivity contribution in [2.24, 2.45) is 5.10 Å². The number of benzene rings is 3. The van der Waals surface area contributed by atoms with Gasteiger partial charge in [0.15, 0.2) is 0 Å². The van der Waals surface area contributed by atoms with Gasteiger partial charge in [0.2, 0.25) is 5.13 Å². The SMILES string of the molecule is COc1ccc(/C=N/N(C(=O)c2ccc(Cl)cc2)c2nc3ccc(C)cc3s2)cc1. The molecule has 3 aromatic carbocycles. The second kappa shape index (κ2) is 8.65. The molecule has 0 bridgehead atoms. The molecule has 5 nitrogen and oxygen atoms in total. The zero-order chi connectivity index (χ0) is 21.1. The van der Waals surface area contributed by atoms with E-state index < -0.39 is 0 Å². The number of nitrogens with zero attached hydrogens (tertiary/aromatic N) is 3. The average molecular weight is 436 g/mol. The number of thiazole rings is 1. The van der Waals surface area contributed by atoms with E-state index in [-0.39, 0.29) is 5.91 Å². The zero-order valence-electron chi connectivity index (χ0n) is 16.4. The molecule has 0 radical (unpaired) electrons. The highest BCUT2D eigenvalue weighted by Gasteiger charge is 2.21. The molecule has 7 heteroatoms. The lowest BCUT2D eigenvalue weighted by atomic mass is 10.2. The Morgan fingerprint density at radius 1 is 1.10 bits per heavy atom. The minimum atomic E-state index is -0.285. The topological polar surface area (TPSA) is 54.8 Å². The number of halogens is 1. The normalized spacial score (nSPS) is 11.2. The number of amides is 1. The van der Waals surface area contributed by atoms with Crippen molar-refractivity contribution in [1.82, 2.24) is 4.98 Å². The lowest BCUT2D eigenvalue weighted by Gasteiger charge is -2.14. The van der Waals surface area contributed by atoms with Crippen LogP contribution in [0.3, 0.4) is 0 Å². The number of hydrogen-bond donors (Lipinski definition) is 0. The van der Waals surface area contributed by atoms with Crippen LogP contribution in [0.2, 0.25) is 5.02 Å². The van der Waals surface area contributed by atoms with Gasteiger partial charge in [-0.3, -0.25) is 4.79 Å². The van der Waals surface area contributed by atoms with Crippen LogP contribution in [0.1, 0.15) is 21.5 Å². The van der Waals surface area contributed by atoms with Gasteiger partial charge in [-0.1, -0.05) is 29.0 Å². The number of methoxy groups -OCH3 is 1. The van der Waals surface area contributed by atoms with Crippen LogP contribution in [0.25, 0.3) is 10.2 Å². The van der Waals surface area contributed by atoms with Crippen LogP contribution in [-0.4, -0.2) is 24.2 Å². The summed E-state index contributed by atoms with van der Waals surface area (Å²) in [5, 5.41) is 6.86. The van der Waals surface area contributed by atoms with Gasteiger partial charge in [-0.05, 0) is 78.7 Å². The van der Waals surface area contributed by atoms with Gasteiger partial charge >= 0.3 is 0 Å². The molecular formula is C23H18ClN3O2S. The van der Waals surface area contributed by atoms with E-state index in [1.165, 1.54) is 16.3 Å². The van der Waals surface area contributed by atoms with Crippen molar-refractivity contribution in [3.05, 3.63) is 88.4 Å². The van der Waals surface area contributed by atoms with E-state index in [9.17, 15) is 4.79 Å². The molecule has 1 amide bonds. The predicted octanol–water partition coefficient (Wildman–Crippen LogP) is 5.95.